The molecule has 0 aliphatic heterocycles. The molecule has 0 N–H and O–H groups in total. The van der Waals surface area contributed by atoms with Crippen LogP contribution in [0.15, 0.2) is 46.9 Å². The fourth-order valence-electron chi connectivity index (χ4n) is 2.16. The van der Waals surface area contributed by atoms with E-state index in [2.05, 4.69) is 10.2 Å². The zero-order chi connectivity index (χ0) is 18.0. The molecule has 0 bridgehead atoms. The van der Waals surface area contributed by atoms with Gasteiger partial charge in [0.25, 0.3) is 5.89 Å². The van der Waals surface area contributed by atoms with E-state index < -0.39 is 23.7 Å². The smallest absolute Gasteiger partial charge is 0.339 e. The molecule has 0 fully saturated rings. The molecule has 1 atom stereocenters. The molecule has 3 aromatic rings. The van der Waals surface area contributed by atoms with Crippen molar-refractivity contribution in [1.82, 2.24) is 10.2 Å². The zero-order valence-electron chi connectivity index (χ0n) is 13.5. The Morgan fingerprint density at radius 2 is 1.72 bits per heavy atom. The molecule has 5 nitrogen and oxygen atoms in total. The number of nitrogens with zero attached hydrogens (tertiary/aromatic N) is 2. The average molecular weight is 344 g/mol. The first-order valence-electron chi connectivity index (χ1n) is 7.50. The molecule has 0 saturated carbocycles. The predicted molar refractivity (Wildman–Crippen MR) is 84.7 cm³/mol. The van der Waals surface area contributed by atoms with Gasteiger partial charge in [0.1, 0.15) is 11.6 Å². The summed E-state index contributed by atoms with van der Waals surface area (Å²) in [5, 5.41) is 7.77. The lowest BCUT2D eigenvalue weighted by Crippen LogP contribution is -2.10. The highest BCUT2D eigenvalue weighted by molar-refractivity contribution is 5.89. The lowest BCUT2D eigenvalue weighted by atomic mass is 10.1. The summed E-state index contributed by atoms with van der Waals surface area (Å²) >= 11 is 0. The Hall–Kier alpha value is -3.09. The number of benzene rings is 2. The van der Waals surface area contributed by atoms with E-state index in [-0.39, 0.29) is 17.3 Å². The zero-order valence-corrected chi connectivity index (χ0v) is 13.5. The Labute approximate surface area is 142 Å². The largest absolute Gasteiger partial charge is 0.449 e. The van der Waals surface area contributed by atoms with Crippen molar-refractivity contribution < 1.29 is 22.7 Å². The van der Waals surface area contributed by atoms with E-state index >= 15 is 0 Å². The van der Waals surface area contributed by atoms with Crippen molar-refractivity contribution >= 4 is 5.97 Å². The molecule has 0 saturated heterocycles. The number of hydrogen-bond donors (Lipinski definition) is 0. The van der Waals surface area contributed by atoms with Gasteiger partial charge in [-0.3, -0.25) is 0 Å². The molecule has 0 aliphatic carbocycles. The maximum absolute atomic E-state index is 13.2. The second-order valence-corrected chi connectivity index (χ2v) is 5.52. The molecule has 0 aliphatic rings. The number of carbonyl (C=O) groups excluding carboxylic acids is 1. The van der Waals surface area contributed by atoms with Gasteiger partial charge in [-0.1, -0.05) is 17.7 Å². The molecule has 25 heavy (non-hydrogen) atoms. The van der Waals surface area contributed by atoms with Crippen molar-refractivity contribution in [2.24, 2.45) is 0 Å². The Morgan fingerprint density at radius 3 is 2.36 bits per heavy atom. The van der Waals surface area contributed by atoms with E-state index in [1.165, 1.54) is 6.92 Å². The number of esters is 1. The Bertz CT molecular complexity index is 887. The molecule has 0 unspecified atom stereocenters. The number of carbonyl (C=O) groups is 1. The summed E-state index contributed by atoms with van der Waals surface area (Å²) in [5.74, 6) is -2.24. The molecule has 7 heteroatoms. The average Bonchev–Trinajstić information content (AvgIpc) is 3.04. The molecule has 1 aromatic heterocycles. The van der Waals surface area contributed by atoms with Crippen molar-refractivity contribution in [2.75, 3.05) is 0 Å². The third-order valence-corrected chi connectivity index (χ3v) is 3.47. The summed E-state index contributed by atoms with van der Waals surface area (Å²) in [6.07, 6.45) is -0.870. The molecule has 0 spiro atoms. The van der Waals surface area contributed by atoms with Gasteiger partial charge in [-0.15, -0.1) is 10.2 Å². The number of aryl methyl sites for hydroxylation is 1. The van der Waals surface area contributed by atoms with Crippen LogP contribution in [0.25, 0.3) is 11.5 Å². The predicted octanol–water partition coefficient (Wildman–Crippen LogP) is 4.24. The number of hydrogen-bond acceptors (Lipinski definition) is 5. The molecular weight excluding hydrogens is 330 g/mol. The summed E-state index contributed by atoms with van der Waals surface area (Å²) in [4.78, 5) is 12.0. The van der Waals surface area contributed by atoms with Crippen LogP contribution in [0, 0.1) is 18.6 Å². The van der Waals surface area contributed by atoms with Crippen molar-refractivity contribution in [2.45, 2.75) is 20.0 Å². The molecule has 3 rings (SSSR count). The van der Waals surface area contributed by atoms with E-state index in [9.17, 15) is 13.6 Å². The maximum Gasteiger partial charge on any atom is 0.339 e. The van der Waals surface area contributed by atoms with Crippen LogP contribution in [0.1, 0.15) is 34.8 Å². The fraction of sp³-hybridized carbons (Fsp3) is 0.167. The van der Waals surface area contributed by atoms with Crippen LogP contribution in [0.4, 0.5) is 8.78 Å². The quantitative estimate of drug-likeness (QED) is 0.662. The number of rotatable bonds is 4. The third-order valence-electron chi connectivity index (χ3n) is 3.47. The van der Waals surface area contributed by atoms with Crippen LogP contribution >= 0.6 is 0 Å². The molecule has 0 radical (unpaired) electrons. The van der Waals surface area contributed by atoms with Crippen LogP contribution in [-0.4, -0.2) is 16.2 Å². The van der Waals surface area contributed by atoms with E-state index in [1.54, 1.807) is 0 Å². The second-order valence-electron chi connectivity index (χ2n) is 5.52. The summed E-state index contributed by atoms with van der Waals surface area (Å²) < 4.78 is 37.0. The van der Waals surface area contributed by atoms with Crippen LogP contribution in [0.3, 0.4) is 0 Å². The third kappa shape index (κ3) is 3.88. The van der Waals surface area contributed by atoms with E-state index in [0.29, 0.717) is 6.07 Å². The summed E-state index contributed by atoms with van der Waals surface area (Å²) in [7, 11) is 0. The Balaban J connectivity index is 1.74. The van der Waals surface area contributed by atoms with Gasteiger partial charge in [0.05, 0.1) is 5.56 Å². The van der Waals surface area contributed by atoms with Gasteiger partial charge >= 0.3 is 5.97 Å². The standard InChI is InChI=1S/C18H14F2N2O3/c1-10-3-5-12(6-4-10)17-22-21-16(25-17)11(2)24-18(23)13-7-14(19)9-15(20)8-13/h3-9,11H,1-2H3/t11-/m0/s1. The van der Waals surface area contributed by atoms with Crippen molar-refractivity contribution in [3.8, 4) is 11.5 Å². The fourth-order valence-corrected chi connectivity index (χ4v) is 2.16. The number of ether oxygens (including phenoxy) is 1. The monoisotopic (exact) mass is 344 g/mol. The van der Waals surface area contributed by atoms with Gasteiger partial charge in [0, 0.05) is 11.6 Å². The van der Waals surface area contributed by atoms with Gasteiger partial charge in [-0.25, -0.2) is 13.6 Å². The first-order chi connectivity index (χ1) is 11.9. The SMILES string of the molecule is Cc1ccc(-c2nnc([C@H](C)OC(=O)c3cc(F)cc(F)c3)o2)cc1. The van der Waals surface area contributed by atoms with Crippen molar-refractivity contribution in [3.05, 3.63) is 71.1 Å². The highest BCUT2D eigenvalue weighted by Crippen LogP contribution is 2.23. The molecule has 0 amide bonds. The molecular formula is C18H14F2N2O3. The van der Waals surface area contributed by atoms with E-state index in [4.69, 9.17) is 9.15 Å². The summed E-state index contributed by atoms with van der Waals surface area (Å²) in [5.41, 5.74) is 1.59. The highest BCUT2D eigenvalue weighted by Gasteiger charge is 2.20. The van der Waals surface area contributed by atoms with Crippen LogP contribution in [0.2, 0.25) is 0 Å². The van der Waals surface area contributed by atoms with E-state index in [1.807, 2.05) is 31.2 Å². The number of halogens is 2. The first kappa shape index (κ1) is 16.8. The molecule has 128 valence electrons. The van der Waals surface area contributed by atoms with Crippen LogP contribution in [0.5, 0.6) is 0 Å². The minimum Gasteiger partial charge on any atom is -0.449 e. The van der Waals surface area contributed by atoms with Gasteiger partial charge in [-0.2, -0.15) is 0 Å². The van der Waals surface area contributed by atoms with Crippen LogP contribution in [-0.2, 0) is 4.74 Å². The van der Waals surface area contributed by atoms with E-state index in [0.717, 1.165) is 23.3 Å². The van der Waals surface area contributed by atoms with Crippen molar-refractivity contribution in [3.63, 3.8) is 0 Å². The summed E-state index contributed by atoms with van der Waals surface area (Å²) in [6, 6.07) is 9.93. The molecule has 1 heterocycles. The topological polar surface area (TPSA) is 65.2 Å². The lowest BCUT2D eigenvalue weighted by Gasteiger charge is -2.09. The Morgan fingerprint density at radius 1 is 1.08 bits per heavy atom. The maximum atomic E-state index is 13.2. The highest BCUT2D eigenvalue weighted by atomic mass is 19.1. The van der Waals surface area contributed by atoms with Gasteiger partial charge in [0.2, 0.25) is 5.89 Å². The van der Waals surface area contributed by atoms with Gasteiger partial charge in [-0.05, 0) is 38.1 Å². The van der Waals surface area contributed by atoms with Gasteiger partial charge in [0.15, 0.2) is 6.10 Å². The van der Waals surface area contributed by atoms with Crippen LogP contribution < -0.4 is 0 Å². The van der Waals surface area contributed by atoms with Gasteiger partial charge < -0.3 is 9.15 Å². The number of aromatic nitrogens is 2. The Kier molecular flexibility index (Phi) is 4.56. The minimum atomic E-state index is -0.888. The summed E-state index contributed by atoms with van der Waals surface area (Å²) in [6.45, 7) is 3.49. The minimum absolute atomic E-state index is 0.0841. The van der Waals surface area contributed by atoms with Crippen molar-refractivity contribution in [1.29, 1.82) is 0 Å². The normalized spacial score (nSPS) is 12.0. The lowest BCUT2D eigenvalue weighted by molar-refractivity contribution is 0.0278. The first-order valence-corrected chi connectivity index (χ1v) is 7.50. The second kappa shape index (κ2) is 6.80. The molecule has 2 aromatic carbocycles.